The number of rotatable bonds is 4. The molecule has 0 heterocycles. The van der Waals surface area contributed by atoms with E-state index in [4.69, 9.17) is 23.2 Å². The normalized spacial score (nSPS) is 18.0. The van der Waals surface area contributed by atoms with Crippen molar-refractivity contribution in [2.75, 3.05) is 0 Å². The van der Waals surface area contributed by atoms with Crippen molar-refractivity contribution in [3.63, 3.8) is 0 Å². The molecule has 0 bridgehead atoms. The van der Waals surface area contributed by atoms with Crippen LogP contribution in [0.3, 0.4) is 0 Å². The zero-order chi connectivity index (χ0) is 15.5. The van der Waals surface area contributed by atoms with Gasteiger partial charge in [-0.3, -0.25) is 4.79 Å². The molecule has 1 unspecified atom stereocenters. The van der Waals surface area contributed by atoms with Crippen LogP contribution in [0.15, 0.2) is 18.2 Å². The third kappa shape index (κ3) is 3.88. The first-order valence-electron chi connectivity index (χ1n) is 6.80. The van der Waals surface area contributed by atoms with E-state index in [2.05, 4.69) is 5.32 Å². The second-order valence-electron chi connectivity index (χ2n) is 5.38. The SMILES string of the molecule is N#CC(NC(=O)CC1(O)CCCC1)c1cccc(Cl)c1Cl. The van der Waals surface area contributed by atoms with Gasteiger partial charge < -0.3 is 10.4 Å². The maximum absolute atomic E-state index is 12.0. The molecule has 21 heavy (non-hydrogen) atoms. The molecular weight excluding hydrogens is 311 g/mol. The molecule has 112 valence electrons. The van der Waals surface area contributed by atoms with E-state index in [9.17, 15) is 15.2 Å². The summed E-state index contributed by atoms with van der Waals surface area (Å²) in [7, 11) is 0. The van der Waals surface area contributed by atoms with Crippen molar-refractivity contribution in [3.8, 4) is 6.07 Å². The highest BCUT2D eigenvalue weighted by Crippen LogP contribution is 2.33. The number of halogens is 2. The summed E-state index contributed by atoms with van der Waals surface area (Å²) in [5.41, 5.74) is -0.485. The van der Waals surface area contributed by atoms with Crippen LogP contribution in [0.25, 0.3) is 0 Å². The molecule has 1 atom stereocenters. The van der Waals surface area contributed by atoms with Crippen LogP contribution in [0.1, 0.15) is 43.7 Å². The van der Waals surface area contributed by atoms with E-state index in [1.807, 2.05) is 6.07 Å². The molecule has 1 aromatic rings. The van der Waals surface area contributed by atoms with Crippen molar-refractivity contribution < 1.29 is 9.90 Å². The van der Waals surface area contributed by atoms with Gasteiger partial charge in [0.2, 0.25) is 5.91 Å². The summed E-state index contributed by atoms with van der Waals surface area (Å²) in [6, 6.07) is 6.05. The van der Waals surface area contributed by atoms with E-state index in [0.717, 1.165) is 12.8 Å². The minimum atomic E-state index is -0.942. The molecule has 0 radical (unpaired) electrons. The summed E-state index contributed by atoms with van der Waals surface area (Å²) in [6.07, 6.45) is 3.09. The van der Waals surface area contributed by atoms with E-state index in [1.165, 1.54) is 0 Å². The smallest absolute Gasteiger partial charge is 0.224 e. The first-order chi connectivity index (χ1) is 9.95. The molecule has 4 nitrogen and oxygen atoms in total. The second kappa shape index (κ2) is 6.65. The van der Waals surface area contributed by atoms with E-state index in [-0.39, 0.29) is 17.4 Å². The van der Waals surface area contributed by atoms with Crippen LogP contribution in [0.4, 0.5) is 0 Å². The minimum Gasteiger partial charge on any atom is -0.389 e. The Morgan fingerprint density at radius 3 is 2.71 bits per heavy atom. The van der Waals surface area contributed by atoms with Gasteiger partial charge in [0, 0.05) is 5.56 Å². The largest absolute Gasteiger partial charge is 0.389 e. The number of nitriles is 1. The third-order valence-electron chi connectivity index (χ3n) is 3.75. The van der Waals surface area contributed by atoms with E-state index < -0.39 is 11.6 Å². The predicted octanol–water partition coefficient (Wildman–Crippen LogP) is 3.37. The van der Waals surface area contributed by atoms with Gasteiger partial charge in [0.25, 0.3) is 0 Å². The number of hydrogen-bond acceptors (Lipinski definition) is 3. The lowest BCUT2D eigenvalue weighted by atomic mass is 9.97. The Hall–Kier alpha value is -1.28. The molecule has 2 rings (SSSR count). The van der Waals surface area contributed by atoms with Gasteiger partial charge in [0.15, 0.2) is 0 Å². The molecule has 1 aliphatic rings. The van der Waals surface area contributed by atoms with Crippen LogP contribution >= 0.6 is 23.2 Å². The van der Waals surface area contributed by atoms with Gasteiger partial charge in [0.05, 0.1) is 28.1 Å². The monoisotopic (exact) mass is 326 g/mol. The number of aliphatic hydroxyl groups is 1. The lowest BCUT2D eigenvalue weighted by Gasteiger charge is -2.22. The molecule has 2 N–H and O–H groups in total. The van der Waals surface area contributed by atoms with Crippen LogP contribution in [0, 0.1) is 11.3 Å². The van der Waals surface area contributed by atoms with Crippen molar-refractivity contribution in [1.82, 2.24) is 5.32 Å². The fraction of sp³-hybridized carbons (Fsp3) is 0.467. The highest BCUT2D eigenvalue weighted by Gasteiger charge is 2.34. The summed E-state index contributed by atoms with van der Waals surface area (Å²) < 4.78 is 0. The predicted molar refractivity (Wildman–Crippen MR) is 81.0 cm³/mol. The van der Waals surface area contributed by atoms with Crippen LogP contribution < -0.4 is 5.32 Å². The average Bonchev–Trinajstić information content (AvgIpc) is 2.86. The fourth-order valence-electron chi connectivity index (χ4n) is 2.64. The molecule has 6 heteroatoms. The van der Waals surface area contributed by atoms with E-state index in [1.54, 1.807) is 18.2 Å². The zero-order valence-corrected chi connectivity index (χ0v) is 12.9. The Labute approximate surface area is 133 Å². The quantitative estimate of drug-likeness (QED) is 0.890. The van der Waals surface area contributed by atoms with Crippen molar-refractivity contribution >= 4 is 29.1 Å². The zero-order valence-electron chi connectivity index (χ0n) is 11.4. The standard InChI is InChI=1S/C15H16Cl2N2O2/c16-11-5-3-4-10(14(11)17)12(9-18)19-13(20)8-15(21)6-1-2-7-15/h3-5,12,21H,1-2,6-8H2,(H,19,20). The Morgan fingerprint density at radius 1 is 1.43 bits per heavy atom. The first-order valence-corrected chi connectivity index (χ1v) is 7.56. The van der Waals surface area contributed by atoms with Crippen molar-refractivity contribution in [1.29, 1.82) is 5.26 Å². The highest BCUT2D eigenvalue weighted by atomic mass is 35.5. The number of nitrogens with zero attached hydrogens (tertiary/aromatic N) is 1. The summed E-state index contributed by atoms with van der Waals surface area (Å²) in [4.78, 5) is 12.0. The number of carbonyl (C=O) groups is 1. The average molecular weight is 327 g/mol. The van der Waals surface area contributed by atoms with Gasteiger partial charge in [-0.2, -0.15) is 5.26 Å². The van der Waals surface area contributed by atoms with Gasteiger partial charge >= 0.3 is 0 Å². The summed E-state index contributed by atoms with van der Waals surface area (Å²) in [5.74, 6) is -0.359. The Kier molecular flexibility index (Phi) is 5.10. The molecule has 1 aliphatic carbocycles. The molecule has 1 saturated carbocycles. The van der Waals surface area contributed by atoms with Gasteiger partial charge in [0.1, 0.15) is 6.04 Å². The number of amides is 1. The van der Waals surface area contributed by atoms with Gasteiger partial charge in [-0.25, -0.2) is 0 Å². The Balaban J connectivity index is 2.07. The van der Waals surface area contributed by atoms with Gasteiger partial charge in [-0.05, 0) is 18.9 Å². The van der Waals surface area contributed by atoms with Crippen LogP contribution in [0.5, 0.6) is 0 Å². The van der Waals surface area contributed by atoms with Gasteiger partial charge in [-0.1, -0.05) is 48.2 Å². The summed E-state index contributed by atoms with van der Waals surface area (Å²) in [6.45, 7) is 0. The Morgan fingerprint density at radius 2 is 2.10 bits per heavy atom. The molecule has 1 fully saturated rings. The van der Waals surface area contributed by atoms with Gasteiger partial charge in [-0.15, -0.1) is 0 Å². The highest BCUT2D eigenvalue weighted by molar-refractivity contribution is 6.42. The summed E-state index contributed by atoms with van der Waals surface area (Å²) in [5, 5.41) is 22.7. The second-order valence-corrected chi connectivity index (χ2v) is 6.17. The van der Waals surface area contributed by atoms with Crippen molar-refractivity contribution in [3.05, 3.63) is 33.8 Å². The maximum Gasteiger partial charge on any atom is 0.224 e. The molecule has 0 aromatic heterocycles. The third-order valence-corrected chi connectivity index (χ3v) is 4.58. The van der Waals surface area contributed by atoms with E-state index in [0.29, 0.717) is 23.4 Å². The maximum atomic E-state index is 12.0. The minimum absolute atomic E-state index is 0.00334. The van der Waals surface area contributed by atoms with Crippen molar-refractivity contribution in [2.45, 2.75) is 43.7 Å². The first kappa shape index (κ1) is 16.1. The van der Waals surface area contributed by atoms with E-state index >= 15 is 0 Å². The van der Waals surface area contributed by atoms with Crippen LogP contribution in [0.2, 0.25) is 10.0 Å². The molecule has 1 amide bonds. The topological polar surface area (TPSA) is 73.1 Å². The number of hydrogen-bond donors (Lipinski definition) is 2. The molecule has 0 spiro atoms. The van der Waals surface area contributed by atoms with Crippen molar-refractivity contribution in [2.24, 2.45) is 0 Å². The number of benzene rings is 1. The number of nitrogens with one attached hydrogen (secondary N) is 1. The fourth-order valence-corrected chi connectivity index (χ4v) is 3.06. The lowest BCUT2D eigenvalue weighted by Crippen LogP contribution is -2.36. The Bertz CT molecular complexity index is 578. The molecule has 1 aromatic carbocycles. The molecular formula is C15H16Cl2N2O2. The lowest BCUT2D eigenvalue weighted by molar-refractivity contribution is -0.126. The summed E-state index contributed by atoms with van der Waals surface area (Å²) >= 11 is 12.0. The number of carbonyl (C=O) groups excluding carboxylic acids is 1. The molecule has 0 saturated heterocycles. The van der Waals surface area contributed by atoms with Crippen LogP contribution in [-0.2, 0) is 4.79 Å². The van der Waals surface area contributed by atoms with Crippen LogP contribution in [-0.4, -0.2) is 16.6 Å². The molecule has 0 aliphatic heterocycles.